The third-order valence-corrected chi connectivity index (χ3v) is 3.11. The summed E-state index contributed by atoms with van der Waals surface area (Å²) in [4.78, 5) is 0. The molecule has 0 heterocycles. The molecule has 0 nitrogen and oxygen atoms in total. The minimum absolute atomic E-state index is 0.879. The Morgan fingerprint density at radius 2 is 1.28 bits per heavy atom. The highest BCUT2D eigenvalue weighted by atomic mass is 14.2. The van der Waals surface area contributed by atoms with Crippen LogP contribution in [-0.4, -0.2) is 0 Å². The molecule has 0 heteroatoms. The topological polar surface area (TPSA) is 0 Å². The molecule has 0 atom stereocenters. The molecule has 1 saturated carbocycles. The normalized spacial score (nSPS) is 12.7. The molecule has 106 valence electrons. The highest BCUT2D eigenvalue weighted by Crippen LogP contribution is 2.36. The minimum Gasteiger partial charge on any atom is -0.0683 e. The molecule has 1 aliphatic carbocycles. The average Bonchev–Trinajstić information content (AvgIpc) is 2.39. The zero-order valence-corrected chi connectivity index (χ0v) is 13.9. The summed E-state index contributed by atoms with van der Waals surface area (Å²) in [7, 11) is 0. The van der Waals surface area contributed by atoms with Gasteiger partial charge in [-0.1, -0.05) is 66.2 Å². The summed E-state index contributed by atoms with van der Waals surface area (Å²) < 4.78 is 0. The Balaban J connectivity index is 0. The first-order chi connectivity index (χ1) is 8.77. The Morgan fingerprint density at radius 3 is 1.61 bits per heavy atom. The zero-order valence-electron chi connectivity index (χ0n) is 13.9. The van der Waals surface area contributed by atoms with Crippen LogP contribution in [-0.2, 0) is 0 Å². The summed E-state index contributed by atoms with van der Waals surface area (Å²) in [5.74, 6) is 0.879. The van der Waals surface area contributed by atoms with Crippen LogP contribution in [0.3, 0.4) is 0 Å². The van der Waals surface area contributed by atoms with E-state index in [1.54, 1.807) is 5.56 Å². The molecule has 0 radical (unpaired) electrons. The van der Waals surface area contributed by atoms with Crippen LogP contribution in [0, 0.1) is 13.8 Å². The molecule has 18 heavy (non-hydrogen) atoms. The maximum absolute atomic E-state index is 2.36. The van der Waals surface area contributed by atoms with Gasteiger partial charge in [-0.3, -0.25) is 0 Å². The quantitative estimate of drug-likeness (QED) is 0.523. The van der Waals surface area contributed by atoms with Gasteiger partial charge in [0.05, 0.1) is 0 Å². The van der Waals surface area contributed by atoms with Crippen molar-refractivity contribution in [1.29, 1.82) is 0 Å². The van der Waals surface area contributed by atoms with Crippen molar-refractivity contribution in [1.82, 2.24) is 0 Å². The number of hydrogen-bond acceptors (Lipinski definition) is 0. The van der Waals surface area contributed by atoms with E-state index in [0.717, 1.165) is 5.92 Å². The van der Waals surface area contributed by atoms with E-state index in [4.69, 9.17) is 0 Å². The molecular formula is C18H34. The summed E-state index contributed by atoms with van der Waals surface area (Å²) in [6, 6.07) is 6.91. The van der Waals surface area contributed by atoms with E-state index in [2.05, 4.69) is 32.0 Å². The summed E-state index contributed by atoms with van der Waals surface area (Å²) in [5.41, 5.74) is 4.42. The third kappa shape index (κ3) is 6.23. The molecular weight excluding hydrogens is 216 g/mol. The number of rotatable bonds is 1. The molecule has 0 bridgehead atoms. The van der Waals surface area contributed by atoms with Crippen molar-refractivity contribution in [3.8, 4) is 0 Å². The Hall–Kier alpha value is -0.780. The fourth-order valence-electron chi connectivity index (χ4n) is 1.76. The molecule has 2 rings (SSSR count). The van der Waals surface area contributed by atoms with Crippen molar-refractivity contribution < 1.29 is 0 Å². The van der Waals surface area contributed by atoms with Crippen LogP contribution < -0.4 is 0 Å². The molecule has 1 aromatic rings. The fraction of sp³-hybridized carbons (Fsp3) is 0.667. The van der Waals surface area contributed by atoms with Crippen LogP contribution in [0.25, 0.3) is 0 Å². The van der Waals surface area contributed by atoms with E-state index < -0.39 is 0 Å². The van der Waals surface area contributed by atoms with Gasteiger partial charge in [-0.05, 0) is 49.3 Å². The number of benzene rings is 1. The monoisotopic (exact) mass is 250 g/mol. The van der Waals surface area contributed by atoms with Gasteiger partial charge in [0.2, 0.25) is 0 Å². The molecule has 0 unspecified atom stereocenters. The first-order valence-electron chi connectivity index (χ1n) is 7.84. The lowest BCUT2D eigenvalue weighted by atomic mass is 9.79. The number of aryl methyl sites for hydroxylation is 2. The van der Waals surface area contributed by atoms with E-state index in [0.29, 0.717) is 0 Å². The van der Waals surface area contributed by atoms with Crippen molar-refractivity contribution in [3.63, 3.8) is 0 Å². The minimum atomic E-state index is 0.879. The highest BCUT2D eigenvalue weighted by molar-refractivity contribution is 5.32. The van der Waals surface area contributed by atoms with Crippen LogP contribution in [0.4, 0.5) is 0 Å². The van der Waals surface area contributed by atoms with Gasteiger partial charge in [0.1, 0.15) is 0 Å². The van der Waals surface area contributed by atoms with E-state index in [1.807, 2.05) is 41.5 Å². The van der Waals surface area contributed by atoms with Gasteiger partial charge in [-0.25, -0.2) is 0 Å². The third-order valence-electron chi connectivity index (χ3n) is 3.11. The van der Waals surface area contributed by atoms with Gasteiger partial charge in [0.25, 0.3) is 0 Å². The van der Waals surface area contributed by atoms with Gasteiger partial charge >= 0.3 is 0 Å². The van der Waals surface area contributed by atoms with E-state index in [1.165, 1.54) is 30.4 Å². The van der Waals surface area contributed by atoms with Crippen LogP contribution in [0.5, 0.6) is 0 Å². The Labute approximate surface area is 116 Å². The second-order valence-electron chi connectivity index (χ2n) is 3.97. The smallest absolute Gasteiger partial charge is 0.0162 e. The van der Waals surface area contributed by atoms with E-state index in [9.17, 15) is 0 Å². The summed E-state index contributed by atoms with van der Waals surface area (Å²) in [5, 5.41) is 0. The Kier molecular flexibility index (Phi) is 13.8. The maximum atomic E-state index is 2.36. The lowest BCUT2D eigenvalue weighted by molar-refractivity contribution is 0.419. The van der Waals surface area contributed by atoms with Crippen molar-refractivity contribution in [2.75, 3.05) is 0 Å². The molecule has 0 saturated heterocycles. The van der Waals surface area contributed by atoms with Gasteiger partial charge in [0.15, 0.2) is 0 Å². The lowest BCUT2D eigenvalue weighted by Crippen LogP contribution is -2.08. The molecule has 1 aliphatic rings. The molecule has 0 amide bonds. The highest BCUT2D eigenvalue weighted by Gasteiger charge is 2.19. The predicted molar refractivity (Wildman–Crippen MR) is 86.6 cm³/mol. The molecule has 0 spiro atoms. The van der Waals surface area contributed by atoms with Gasteiger partial charge < -0.3 is 0 Å². The first-order valence-corrected chi connectivity index (χ1v) is 7.84. The molecule has 1 aromatic carbocycles. The zero-order chi connectivity index (χ0) is 14.6. The van der Waals surface area contributed by atoms with Crippen LogP contribution in [0.2, 0.25) is 0 Å². The Bertz CT molecular complexity index is 282. The standard InChI is InChI=1S/C12H16.3C2H6/c1-9-6-7-12(8-10(9)2)11-4-3-5-11;3*1-2/h6-8,11H,3-5H2,1-2H3;3*1-2H3. The van der Waals surface area contributed by atoms with Crippen LogP contribution in [0.1, 0.15) is 83.4 Å². The largest absolute Gasteiger partial charge is 0.0683 e. The molecule has 0 N–H and O–H groups in total. The lowest BCUT2D eigenvalue weighted by Gasteiger charge is -2.26. The van der Waals surface area contributed by atoms with Gasteiger partial charge in [0, 0.05) is 0 Å². The van der Waals surface area contributed by atoms with Crippen LogP contribution in [0.15, 0.2) is 18.2 Å². The van der Waals surface area contributed by atoms with Gasteiger partial charge in [-0.2, -0.15) is 0 Å². The van der Waals surface area contributed by atoms with Crippen molar-refractivity contribution in [2.24, 2.45) is 0 Å². The molecule has 0 aliphatic heterocycles. The van der Waals surface area contributed by atoms with Crippen molar-refractivity contribution >= 4 is 0 Å². The first kappa shape index (κ1) is 19.6. The maximum Gasteiger partial charge on any atom is -0.0162 e. The average molecular weight is 250 g/mol. The van der Waals surface area contributed by atoms with Crippen molar-refractivity contribution in [3.05, 3.63) is 34.9 Å². The summed E-state index contributed by atoms with van der Waals surface area (Å²) in [6.07, 6.45) is 4.24. The van der Waals surface area contributed by atoms with E-state index in [-0.39, 0.29) is 0 Å². The van der Waals surface area contributed by atoms with Gasteiger partial charge in [-0.15, -0.1) is 0 Å². The summed E-state index contributed by atoms with van der Waals surface area (Å²) in [6.45, 7) is 16.4. The van der Waals surface area contributed by atoms with E-state index >= 15 is 0 Å². The second kappa shape index (κ2) is 12.7. The molecule has 0 aromatic heterocycles. The second-order valence-corrected chi connectivity index (χ2v) is 3.97. The van der Waals surface area contributed by atoms with Crippen LogP contribution >= 0.6 is 0 Å². The van der Waals surface area contributed by atoms with Crippen molar-refractivity contribution in [2.45, 2.75) is 80.6 Å². The SMILES string of the molecule is CC.CC.CC.Cc1ccc(C2CCC2)cc1C. The fourth-order valence-corrected chi connectivity index (χ4v) is 1.76. The number of hydrogen-bond donors (Lipinski definition) is 0. The predicted octanol–water partition coefficient (Wildman–Crippen LogP) is 6.65. The Morgan fingerprint density at radius 1 is 0.778 bits per heavy atom. The molecule has 1 fully saturated rings. The summed E-state index contributed by atoms with van der Waals surface area (Å²) >= 11 is 0.